The molecule has 0 saturated carbocycles. The number of guanidine groups is 1. The number of para-hydroxylation sites is 1. The first-order chi connectivity index (χ1) is 16.7. The molecule has 0 radical (unpaired) electrons. The van der Waals surface area contributed by atoms with E-state index in [-0.39, 0.29) is 28.8 Å². The molecule has 35 heavy (non-hydrogen) atoms. The Bertz CT molecular complexity index is 1040. The number of aliphatic hydroxyl groups is 1. The van der Waals surface area contributed by atoms with E-state index >= 15 is 0 Å². The van der Waals surface area contributed by atoms with Gasteiger partial charge in [-0.05, 0) is 61.1 Å². The minimum atomic E-state index is -0.289. The SMILES string of the molecule is CC1NC(C(=O)/N=C(/Nc2ccc(N3CCC(O)CC3)cc2)Nc2ccccc2C(C)(C)C)CS1. The number of rotatable bonds is 4. The van der Waals surface area contributed by atoms with Crippen molar-refractivity contribution < 1.29 is 9.90 Å². The Balaban J connectivity index is 1.55. The van der Waals surface area contributed by atoms with Crippen molar-refractivity contribution in [3.05, 3.63) is 54.1 Å². The number of hydrogen-bond acceptors (Lipinski definition) is 5. The van der Waals surface area contributed by atoms with Crippen molar-refractivity contribution in [3.63, 3.8) is 0 Å². The highest BCUT2D eigenvalue weighted by Crippen LogP contribution is 2.30. The highest BCUT2D eigenvalue weighted by atomic mass is 32.2. The molecule has 2 saturated heterocycles. The van der Waals surface area contributed by atoms with Gasteiger partial charge in [-0.25, -0.2) is 0 Å². The van der Waals surface area contributed by atoms with E-state index in [1.54, 1.807) is 11.8 Å². The number of nitrogens with zero attached hydrogens (tertiary/aromatic N) is 2. The number of benzene rings is 2. The van der Waals surface area contributed by atoms with Gasteiger partial charge in [0.2, 0.25) is 5.96 Å². The lowest BCUT2D eigenvalue weighted by atomic mass is 9.86. The molecule has 7 nitrogen and oxygen atoms in total. The minimum absolute atomic E-state index is 0.0680. The predicted molar refractivity (Wildman–Crippen MR) is 148 cm³/mol. The number of anilines is 3. The monoisotopic (exact) mass is 495 g/mol. The van der Waals surface area contributed by atoms with Crippen LogP contribution in [0.4, 0.5) is 17.1 Å². The first kappa shape index (κ1) is 25.5. The van der Waals surface area contributed by atoms with Crippen molar-refractivity contribution >= 4 is 40.7 Å². The predicted octanol–water partition coefficient (Wildman–Crippen LogP) is 4.40. The van der Waals surface area contributed by atoms with Crippen LogP contribution in [-0.4, -0.2) is 53.3 Å². The van der Waals surface area contributed by atoms with Crippen LogP contribution in [0.2, 0.25) is 0 Å². The lowest BCUT2D eigenvalue weighted by Gasteiger charge is -2.31. The first-order valence-corrected chi connectivity index (χ1v) is 13.4. The summed E-state index contributed by atoms with van der Waals surface area (Å²) in [5.74, 6) is 0.940. The number of hydrogen-bond donors (Lipinski definition) is 4. The molecule has 4 N–H and O–H groups in total. The smallest absolute Gasteiger partial charge is 0.266 e. The van der Waals surface area contributed by atoms with Crippen molar-refractivity contribution in [2.24, 2.45) is 4.99 Å². The van der Waals surface area contributed by atoms with Gasteiger partial charge < -0.3 is 20.6 Å². The summed E-state index contributed by atoms with van der Waals surface area (Å²) in [5, 5.41) is 20.1. The summed E-state index contributed by atoms with van der Waals surface area (Å²) in [6, 6.07) is 16.0. The van der Waals surface area contributed by atoms with Crippen LogP contribution in [0.25, 0.3) is 0 Å². The van der Waals surface area contributed by atoms with Gasteiger partial charge in [0.1, 0.15) is 0 Å². The first-order valence-electron chi connectivity index (χ1n) is 12.4. The number of aliphatic imine (C=N–C) groups is 1. The Kier molecular flexibility index (Phi) is 8.04. The molecule has 1 amide bonds. The summed E-state index contributed by atoms with van der Waals surface area (Å²) >= 11 is 1.73. The van der Waals surface area contributed by atoms with Crippen LogP contribution in [0.15, 0.2) is 53.5 Å². The zero-order valence-electron chi connectivity index (χ0n) is 21.0. The van der Waals surface area contributed by atoms with Crippen molar-refractivity contribution in [2.75, 3.05) is 34.4 Å². The van der Waals surface area contributed by atoms with Crippen LogP contribution in [-0.2, 0) is 10.2 Å². The van der Waals surface area contributed by atoms with E-state index < -0.39 is 0 Å². The van der Waals surface area contributed by atoms with Gasteiger partial charge in [-0.15, -0.1) is 11.8 Å². The molecule has 0 spiro atoms. The summed E-state index contributed by atoms with van der Waals surface area (Å²) in [6.45, 7) is 10.3. The molecular formula is C27H37N5O2S. The largest absolute Gasteiger partial charge is 0.393 e. The Labute approximate surface area is 212 Å². The van der Waals surface area contributed by atoms with E-state index in [1.807, 2.05) is 30.3 Å². The third-order valence-corrected chi connectivity index (χ3v) is 7.58. The third kappa shape index (κ3) is 6.78. The fraction of sp³-hybridized carbons (Fsp3) is 0.481. The van der Waals surface area contributed by atoms with Crippen molar-refractivity contribution in [2.45, 2.75) is 63.5 Å². The summed E-state index contributed by atoms with van der Waals surface area (Å²) < 4.78 is 0. The van der Waals surface area contributed by atoms with Crippen LogP contribution < -0.4 is 20.9 Å². The third-order valence-electron chi connectivity index (χ3n) is 6.42. The molecule has 2 atom stereocenters. The molecule has 0 aromatic heterocycles. The van der Waals surface area contributed by atoms with E-state index in [1.165, 1.54) is 0 Å². The van der Waals surface area contributed by atoms with Gasteiger partial charge in [-0.1, -0.05) is 39.0 Å². The molecule has 2 heterocycles. The van der Waals surface area contributed by atoms with Crippen LogP contribution in [0.3, 0.4) is 0 Å². The summed E-state index contributed by atoms with van der Waals surface area (Å²) in [5.41, 5.74) is 3.98. The fourth-order valence-electron chi connectivity index (χ4n) is 4.43. The number of amides is 1. The molecule has 2 aromatic rings. The molecule has 0 bridgehead atoms. The van der Waals surface area contributed by atoms with Crippen LogP contribution in [0, 0.1) is 0 Å². The fourth-order valence-corrected chi connectivity index (χ4v) is 5.41. The maximum atomic E-state index is 13.0. The molecule has 8 heteroatoms. The lowest BCUT2D eigenvalue weighted by Crippen LogP contribution is -2.36. The highest BCUT2D eigenvalue weighted by molar-refractivity contribution is 8.00. The van der Waals surface area contributed by atoms with E-state index in [4.69, 9.17) is 0 Å². The minimum Gasteiger partial charge on any atom is -0.393 e. The zero-order valence-corrected chi connectivity index (χ0v) is 21.9. The lowest BCUT2D eigenvalue weighted by molar-refractivity contribution is -0.119. The zero-order chi connectivity index (χ0) is 25.0. The van der Waals surface area contributed by atoms with Gasteiger partial charge in [0, 0.05) is 35.9 Å². The van der Waals surface area contributed by atoms with E-state index in [0.29, 0.717) is 11.7 Å². The highest BCUT2D eigenvalue weighted by Gasteiger charge is 2.27. The number of piperidine rings is 1. The average Bonchev–Trinajstić information content (AvgIpc) is 3.26. The molecule has 2 aromatic carbocycles. The second kappa shape index (κ2) is 11.0. The van der Waals surface area contributed by atoms with E-state index in [2.05, 4.69) is 71.7 Å². The summed E-state index contributed by atoms with van der Waals surface area (Å²) in [7, 11) is 0. The number of aliphatic hydroxyl groups excluding tert-OH is 1. The van der Waals surface area contributed by atoms with E-state index in [9.17, 15) is 9.90 Å². The van der Waals surface area contributed by atoms with Gasteiger partial charge in [0.25, 0.3) is 5.91 Å². The summed E-state index contributed by atoms with van der Waals surface area (Å²) in [6.07, 6.45) is 1.39. The molecule has 2 fully saturated rings. The molecule has 2 aliphatic rings. The van der Waals surface area contributed by atoms with Crippen molar-refractivity contribution in [1.29, 1.82) is 0 Å². The Morgan fingerprint density at radius 1 is 1.09 bits per heavy atom. The average molecular weight is 496 g/mol. The Hall–Kier alpha value is -2.55. The van der Waals surface area contributed by atoms with Gasteiger partial charge in [0.05, 0.1) is 17.5 Å². The topological polar surface area (TPSA) is 89.0 Å². The van der Waals surface area contributed by atoms with Gasteiger partial charge in [-0.3, -0.25) is 10.1 Å². The number of thioether (sulfide) groups is 1. The molecular weight excluding hydrogens is 458 g/mol. The normalized spacial score (nSPS) is 21.7. The molecule has 2 aliphatic heterocycles. The van der Waals surface area contributed by atoms with Crippen LogP contribution >= 0.6 is 11.8 Å². The molecule has 2 unspecified atom stereocenters. The Morgan fingerprint density at radius 2 is 1.77 bits per heavy atom. The summed E-state index contributed by atoms with van der Waals surface area (Å²) in [4.78, 5) is 19.7. The van der Waals surface area contributed by atoms with Crippen molar-refractivity contribution in [1.82, 2.24) is 5.32 Å². The van der Waals surface area contributed by atoms with E-state index in [0.717, 1.165) is 48.6 Å². The Morgan fingerprint density at radius 3 is 2.40 bits per heavy atom. The molecule has 0 aliphatic carbocycles. The maximum absolute atomic E-state index is 13.0. The van der Waals surface area contributed by atoms with Crippen LogP contribution in [0.5, 0.6) is 0 Å². The maximum Gasteiger partial charge on any atom is 0.266 e. The number of nitrogens with one attached hydrogen (secondary N) is 3. The molecule has 4 rings (SSSR count). The quantitative estimate of drug-likeness (QED) is 0.369. The number of carbonyl (C=O) groups excluding carboxylic acids is 1. The van der Waals surface area contributed by atoms with Gasteiger partial charge >= 0.3 is 0 Å². The van der Waals surface area contributed by atoms with Gasteiger partial charge in [-0.2, -0.15) is 4.99 Å². The van der Waals surface area contributed by atoms with Crippen LogP contribution in [0.1, 0.15) is 46.1 Å². The second-order valence-electron chi connectivity index (χ2n) is 10.3. The molecule has 188 valence electrons. The van der Waals surface area contributed by atoms with Crippen molar-refractivity contribution in [3.8, 4) is 0 Å². The van der Waals surface area contributed by atoms with Gasteiger partial charge in [0.15, 0.2) is 0 Å². The number of carbonyl (C=O) groups is 1. The standard InChI is InChI=1S/C27H37N5O2S/c1-18-28-24(17-35-18)25(34)31-26(30-23-8-6-5-7-22(23)27(2,3)4)29-19-9-11-20(12-10-19)32-15-13-21(33)14-16-32/h5-12,18,21,24,28,33H,13-17H2,1-4H3,(H2,29,30,31,34). The second-order valence-corrected chi connectivity index (χ2v) is 11.7.